The highest BCUT2D eigenvalue weighted by atomic mass is 16.5. The van der Waals surface area contributed by atoms with Gasteiger partial charge in [-0.05, 0) is 37.5 Å². The van der Waals surface area contributed by atoms with Crippen LogP contribution in [-0.4, -0.2) is 18.5 Å². The van der Waals surface area contributed by atoms with Gasteiger partial charge in [0, 0.05) is 24.6 Å². The molecule has 0 aliphatic heterocycles. The second kappa shape index (κ2) is 9.13. The first-order chi connectivity index (χ1) is 10.1. The molecule has 1 amide bonds. The zero-order chi connectivity index (χ0) is 15.7. The normalized spacial score (nSPS) is 11.8. The number of esters is 1. The quantitative estimate of drug-likeness (QED) is 0.722. The molecule has 0 fully saturated rings. The summed E-state index contributed by atoms with van der Waals surface area (Å²) in [4.78, 5) is 22.5. The van der Waals surface area contributed by atoms with E-state index in [0.717, 1.165) is 17.7 Å². The summed E-state index contributed by atoms with van der Waals surface area (Å²) in [6, 6.07) is 7.37. The molecule has 1 rings (SSSR count). The molecule has 116 valence electrons. The summed E-state index contributed by atoms with van der Waals surface area (Å²) >= 11 is 0. The lowest BCUT2D eigenvalue weighted by atomic mass is 10.0. The Morgan fingerprint density at radius 3 is 2.48 bits per heavy atom. The number of nitrogens with one attached hydrogen (secondary N) is 1. The molecule has 0 aromatic heterocycles. The van der Waals surface area contributed by atoms with Gasteiger partial charge in [0.1, 0.15) is 0 Å². The molecular formula is C16H24N2O3. The Kier molecular flexibility index (Phi) is 7.46. The Hall–Kier alpha value is -1.88. The van der Waals surface area contributed by atoms with Gasteiger partial charge in [0.15, 0.2) is 0 Å². The number of carbonyl (C=O) groups excluding carboxylic acids is 2. The number of benzene rings is 1. The maximum Gasteiger partial charge on any atom is 0.305 e. The fraction of sp³-hybridized carbons (Fsp3) is 0.500. The Morgan fingerprint density at radius 2 is 1.90 bits per heavy atom. The van der Waals surface area contributed by atoms with E-state index < -0.39 is 0 Å². The van der Waals surface area contributed by atoms with Crippen molar-refractivity contribution in [1.82, 2.24) is 0 Å². The Balaban J connectivity index is 2.42. The minimum absolute atomic E-state index is 0.0125. The predicted molar refractivity (Wildman–Crippen MR) is 82.8 cm³/mol. The van der Waals surface area contributed by atoms with Crippen molar-refractivity contribution < 1.29 is 14.3 Å². The van der Waals surface area contributed by atoms with Crippen LogP contribution in [0.4, 0.5) is 5.69 Å². The fourth-order valence-corrected chi connectivity index (χ4v) is 1.93. The molecule has 1 unspecified atom stereocenters. The van der Waals surface area contributed by atoms with Crippen LogP contribution in [-0.2, 0) is 14.3 Å². The van der Waals surface area contributed by atoms with Crippen molar-refractivity contribution in [3.63, 3.8) is 0 Å². The third-order valence-corrected chi connectivity index (χ3v) is 3.15. The van der Waals surface area contributed by atoms with E-state index >= 15 is 0 Å². The highest BCUT2D eigenvalue weighted by Gasteiger charge is 2.08. The third kappa shape index (κ3) is 6.40. The topological polar surface area (TPSA) is 81.4 Å². The van der Waals surface area contributed by atoms with E-state index in [4.69, 9.17) is 10.5 Å². The second-order valence-corrected chi connectivity index (χ2v) is 4.83. The van der Waals surface area contributed by atoms with Crippen LogP contribution in [0.1, 0.15) is 51.1 Å². The molecule has 0 heterocycles. The maximum absolute atomic E-state index is 11.3. The van der Waals surface area contributed by atoms with Crippen LogP contribution in [0.15, 0.2) is 24.3 Å². The number of ether oxygens (including phenoxy) is 1. The summed E-state index contributed by atoms with van der Waals surface area (Å²) < 4.78 is 4.87. The lowest BCUT2D eigenvalue weighted by Crippen LogP contribution is -2.12. The first-order valence-electron chi connectivity index (χ1n) is 7.37. The molecule has 0 aliphatic carbocycles. The van der Waals surface area contributed by atoms with Gasteiger partial charge in [-0.2, -0.15) is 0 Å². The molecule has 5 heteroatoms. The minimum atomic E-state index is -0.178. The van der Waals surface area contributed by atoms with Gasteiger partial charge < -0.3 is 15.8 Å². The van der Waals surface area contributed by atoms with Gasteiger partial charge in [-0.3, -0.25) is 9.59 Å². The Labute approximate surface area is 125 Å². The van der Waals surface area contributed by atoms with Crippen LogP contribution >= 0.6 is 0 Å². The van der Waals surface area contributed by atoms with Crippen LogP contribution in [0.5, 0.6) is 0 Å². The average Bonchev–Trinajstić information content (AvgIpc) is 2.48. The standard InChI is InChI=1S/C16H24N2O3/c1-3-15(19)18-13-10-8-12(9-11-13)14(17)6-5-7-16(20)21-4-2/h8-11,14H,3-7,17H2,1-2H3,(H,18,19). The van der Waals surface area contributed by atoms with E-state index in [-0.39, 0.29) is 17.9 Å². The summed E-state index contributed by atoms with van der Waals surface area (Å²) in [7, 11) is 0. The largest absolute Gasteiger partial charge is 0.466 e. The average molecular weight is 292 g/mol. The highest BCUT2D eigenvalue weighted by molar-refractivity contribution is 5.90. The summed E-state index contributed by atoms with van der Waals surface area (Å²) in [6.07, 6.45) is 2.27. The van der Waals surface area contributed by atoms with Crippen molar-refractivity contribution in [2.24, 2.45) is 5.73 Å². The van der Waals surface area contributed by atoms with Crippen LogP contribution in [0.25, 0.3) is 0 Å². The van der Waals surface area contributed by atoms with Crippen LogP contribution in [0, 0.1) is 0 Å². The minimum Gasteiger partial charge on any atom is -0.466 e. The smallest absolute Gasteiger partial charge is 0.305 e. The zero-order valence-corrected chi connectivity index (χ0v) is 12.7. The first-order valence-corrected chi connectivity index (χ1v) is 7.37. The van der Waals surface area contributed by atoms with Crippen molar-refractivity contribution in [1.29, 1.82) is 0 Å². The zero-order valence-electron chi connectivity index (χ0n) is 12.7. The number of anilines is 1. The summed E-state index contributed by atoms with van der Waals surface area (Å²) in [5, 5.41) is 2.79. The van der Waals surface area contributed by atoms with E-state index in [0.29, 0.717) is 25.9 Å². The summed E-state index contributed by atoms with van der Waals surface area (Å²) in [5.74, 6) is -0.191. The number of nitrogens with two attached hydrogens (primary N) is 1. The van der Waals surface area contributed by atoms with E-state index in [9.17, 15) is 9.59 Å². The van der Waals surface area contributed by atoms with Crippen molar-refractivity contribution in [3.05, 3.63) is 29.8 Å². The van der Waals surface area contributed by atoms with Crippen LogP contribution in [0.3, 0.4) is 0 Å². The van der Waals surface area contributed by atoms with E-state index in [1.54, 1.807) is 6.92 Å². The maximum atomic E-state index is 11.3. The molecule has 1 aromatic carbocycles. The summed E-state index contributed by atoms with van der Waals surface area (Å²) in [5.41, 5.74) is 7.85. The molecule has 5 nitrogen and oxygen atoms in total. The number of carbonyl (C=O) groups is 2. The molecule has 0 bridgehead atoms. The van der Waals surface area contributed by atoms with Gasteiger partial charge in [-0.25, -0.2) is 0 Å². The molecular weight excluding hydrogens is 268 g/mol. The van der Waals surface area contributed by atoms with Crippen molar-refractivity contribution in [3.8, 4) is 0 Å². The van der Waals surface area contributed by atoms with E-state index in [1.807, 2.05) is 31.2 Å². The lowest BCUT2D eigenvalue weighted by molar-refractivity contribution is -0.143. The molecule has 3 N–H and O–H groups in total. The van der Waals surface area contributed by atoms with Gasteiger partial charge in [0.25, 0.3) is 0 Å². The first kappa shape index (κ1) is 17.2. The number of amides is 1. The van der Waals surface area contributed by atoms with Gasteiger partial charge >= 0.3 is 5.97 Å². The molecule has 1 aromatic rings. The molecule has 0 saturated heterocycles. The summed E-state index contributed by atoms with van der Waals surface area (Å²) in [6.45, 7) is 4.02. The van der Waals surface area contributed by atoms with Crippen LogP contribution < -0.4 is 11.1 Å². The predicted octanol–water partition coefficient (Wildman–Crippen LogP) is 2.77. The van der Waals surface area contributed by atoms with Gasteiger partial charge in [0.05, 0.1) is 6.61 Å². The lowest BCUT2D eigenvalue weighted by Gasteiger charge is -2.12. The molecule has 0 saturated carbocycles. The highest BCUT2D eigenvalue weighted by Crippen LogP contribution is 2.19. The number of hydrogen-bond acceptors (Lipinski definition) is 4. The monoisotopic (exact) mass is 292 g/mol. The second-order valence-electron chi connectivity index (χ2n) is 4.83. The molecule has 1 atom stereocenters. The van der Waals surface area contributed by atoms with Crippen molar-refractivity contribution in [2.75, 3.05) is 11.9 Å². The molecule has 0 spiro atoms. The Bertz CT molecular complexity index is 457. The van der Waals surface area contributed by atoms with E-state index in [2.05, 4.69) is 5.32 Å². The van der Waals surface area contributed by atoms with E-state index in [1.165, 1.54) is 0 Å². The number of hydrogen-bond donors (Lipinski definition) is 2. The molecule has 0 aliphatic rings. The third-order valence-electron chi connectivity index (χ3n) is 3.15. The fourth-order valence-electron chi connectivity index (χ4n) is 1.93. The van der Waals surface area contributed by atoms with Gasteiger partial charge in [-0.1, -0.05) is 19.1 Å². The van der Waals surface area contributed by atoms with Crippen LogP contribution in [0.2, 0.25) is 0 Å². The molecule has 0 radical (unpaired) electrons. The SMILES string of the molecule is CCOC(=O)CCCC(N)c1ccc(NC(=O)CC)cc1. The Morgan fingerprint density at radius 1 is 1.24 bits per heavy atom. The van der Waals surface area contributed by atoms with Crippen molar-refractivity contribution >= 4 is 17.6 Å². The van der Waals surface area contributed by atoms with Gasteiger partial charge in [0.2, 0.25) is 5.91 Å². The molecule has 21 heavy (non-hydrogen) atoms. The van der Waals surface area contributed by atoms with Crippen molar-refractivity contribution in [2.45, 2.75) is 45.6 Å². The van der Waals surface area contributed by atoms with Gasteiger partial charge in [-0.15, -0.1) is 0 Å². The number of rotatable bonds is 8.